The van der Waals surface area contributed by atoms with Gasteiger partial charge in [0.2, 0.25) is 0 Å². The Morgan fingerprint density at radius 3 is 2.55 bits per heavy atom. The van der Waals surface area contributed by atoms with Crippen molar-refractivity contribution in [2.24, 2.45) is 13.0 Å². The number of H-pyrrole nitrogens is 1. The van der Waals surface area contributed by atoms with Gasteiger partial charge in [-0.15, -0.1) is 11.8 Å². The first-order valence-electron chi connectivity index (χ1n) is 14.5. The van der Waals surface area contributed by atoms with Gasteiger partial charge in [0.05, 0.1) is 36.2 Å². The minimum absolute atomic E-state index is 0.0735. The Morgan fingerprint density at radius 2 is 1.88 bits per heavy atom. The number of aromatic amines is 1. The minimum Gasteiger partial charge on any atom is -0.377 e. The lowest BCUT2D eigenvalue weighted by molar-refractivity contribution is -0.0719. The second-order valence-electron chi connectivity index (χ2n) is 12.1. The largest absolute Gasteiger partial charge is 0.377 e. The number of nitrogens with zero attached hydrogens (tertiary/aromatic N) is 3. The van der Waals surface area contributed by atoms with Crippen molar-refractivity contribution in [2.75, 3.05) is 19.5 Å². The average Bonchev–Trinajstić information content (AvgIpc) is 3.43. The van der Waals surface area contributed by atoms with E-state index in [-0.39, 0.29) is 11.1 Å². The zero-order chi connectivity index (χ0) is 28.2. The second kappa shape index (κ2) is 10.5. The molecular weight excluding hydrogens is 518 g/mol. The number of imidazole rings is 1. The van der Waals surface area contributed by atoms with Gasteiger partial charge in [0.1, 0.15) is 5.82 Å². The molecular formula is C32H41N5O2S. The molecule has 0 unspecified atom stereocenters. The van der Waals surface area contributed by atoms with Crippen molar-refractivity contribution in [2.45, 2.75) is 75.9 Å². The topological polar surface area (TPSA) is 76.9 Å². The molecule has 0 amide bonds. The number of rotatable bonds is 7. The molecule has 1 aromatic carbocycles. The summed E-state index contributed by atoms with van der Waals surface area (Å²) < 4.78 is 10.1. The summed E-state index contributed by atoms with van der Waals surface area (Å²) in [4.78, 5) is 21.9. The zero-order valence-electron chi connectivity index (χ0n) is 24.5. The summed E-state index contributed by atoms with van der Waals surface area (Å²) in [6, 6.07) is 11.7. The molecule has 1 saturated carbocycles. The van der Waals surface area contributed by atoms with Gasteiger partial charge in [0.15, 0.2) is 0 Å². The molecule has 1 aliphatic heterocycles. The molecule has 3 aromatic heterocycles. The Morgan fingerprint density at radius 1 is 1.15 bits per heavy atom. The molecule has 2 fully saturated rings. The van der Waals surface area contributed by atoms with Gasteiger partial charge >= 0.3 is 0 Å². The van der Waals surface area contributed by atoms with Crippen LogP contribution >= 0.6 is 11.8 Å². The van der Waals surface area contributed by atoms with Crippen molar-refractivity contribution in [1.29, 1.82) is 0 Å². The molecule has 2 N–H and O–H groups in total. The summed E-state index contributed by atoms with van der Waals surface area (Å²) in [7, 11) is 2.03. The molecule has 7 nitrogen and oxygen atoms in total. The van der Waals surface area contributed by atoms with E-state index in [1.807, 2.05) is 32.5 Å². The number of aromatic nitrogens is 4. The highest BCUT2D eigenvalue weighted by atomic mass is 32.2. The molecule has 212 valence electrons. The number of ether oxygens (including phenoxy) is 1. The molecule has 2 aliphatic rings. The number of aryl methyl sites for hydroxylation is 1. The van der Waals surface area contributed by atoms with Crippen molar-refractivity contribution in [3.05, 3.63) is 58.3 Å². The van der Waals surface area contributed by atoms with Crippen LogP contribution in [0, 0.1) is 19.8 Å². The van der Waals surface area contributed by atoms with Gasteiger partial charge in [-0.05, 0) is 77.7 Å². The third-order valence-corrected chi connectivity index (χ3v) is 9.99. The lowest BCUT2D eigenvalue weighted by atomic mass is 9.81. The lowest BCUT2D eigenvalue weighted by Crippen LogP contribution is -2.61. The minimum atomic E-state index is -0.0735. The summed E-state index contributed by atoms with van der Waals surface area (Å²) in [6.07, 6.45) is 8.72. The van der Waals surface area contributed by atoms with Crippen LogP contribution in [0.4, 0.5) is 0 Å². The second-order valence-corrected chi connectivity index (χ2v) is 13.0. The van der Waals surface area contributed by atoms with Crippen molar-refractivity contribution in [3.63, 3.8) is 0 Å². The SMILES string of the molecule is CSc1cc(C)[nH]c(=O)c1-c1cnc(-c2c(C)n([C@H](C)C3CCC(NC4(C)COC4)CC3)c3ccccc23)n1C. The Labute approximate surface area is 240 Å². The Hall–Kier alpha value is -2.81. The average molecular weight is 560 g/mol. The molecule has 4 heterocycles. The fraction of sp³-hybridized carbons (Fsp3) is 0.500. The predicted octanol–water partition coefficient (Wildman–Crippen LogP) is 6.23. The summed E-state index contributed by atoms with van der Waals surface area (Å²) in [5.74, 6) is 1.52. The van der Waals surface area contributed by atoms with Crippen LogP contribution < -0.4 is 10.9 Å². The van der Waals surface area contributed by atoms with Gasteiger partial charge < -0.3 is 24.2 Å². The van der Waals surface area contributed by atoms with E-state index in [1.54, 1.807) is 11.8 Å². The Bertz CT molecular complexity index is 1600. The first-order valence-corrected chi connectivity index (χ1v) is 15.7. The molecule has 6 rings (SSSR count). The van der Waals surface area contributed by atoms with Crippen molar-refractivity contribution >= 4 is 22.7 Å². The number of para-hydroxylation sites is 1. The van der Waals surface area contributed by atoms with E-state index in [0.717, 1.165) is 40.9 Å². The van der Waals surface area contributed by atoms with E-state index in [0.29, 0.717) is 23.6 Å². The van der Waals surface area contributed by atoms with E-state index in [9.17, 15) is 4.79 Å². The molecule has 0 bridgehead atoms. The van der Waals surface area contributed by atoms with Crippen LogP contribution in [0.15, 0.2) is 46.2 Å². The predicted molar refractivity (Wildman–Crippen MR) is 164 cm³/mol. The van der Waals surface area contributed by atoms with Crippen LogP contribution in [0.2, 0.25) is 0 Å². The monoisotopic (exact) mass is 559 g/mol. The highest BCUT2D eigenvalue weighted by Gasteiger charge is 2.37. The van der Waals surface area contributed by atoms with Crippen LogP contribution in [-0.4, -0.2) is 50.2 Å². The first-order chi connectivity index (χ1) is 19.2. The highest BCUT2D eigenvalue weighted by Crippen LogP contribution is 2.42. The van der Waals surface area contributed by atoms with Crippen LogP contribution in [0.25, 0.3) is 33.5 Å². The summed E-state index contributed by atoms with van der Waals surface area (Å²) in [5, 5.41) is 5.08. The van der Waals surface area contributed by atoms with E-state index in [2.05, 4.69) is 64.5 Å². The molecule has 8 heteroatoms. The van der Waals surface area contributed by atoms with E-state index >= 15 is 0 Å². The number of pyridine rings is 1. The van der Waals surface area contributed by atoms with Crippen molar-refractivity contribution < 1.29 is 4.74 Å². The fourth-order valence-corrected chi connectivity index (χ4v) is 7.77. The molecule has 1 aliphatic carbocycles. The number of hydrogen-bond acceptors (Lipinski definition) is 5. The van der Waals surface area contributed by atoms with Gasteiger partial charge in [-0.2, -0.15) is 0 Å². The van der Waals surface area contributed by atoms with E-state index < -0.39 is 0 Å². The molecule has 1 saturated heterocycles. The summed E-state index contributed by atoms with van der Waals surface area (Å²) in [6.45, 7) is 10.5. The maximum absolute atomic E-state index is 13.1. The van der Waals surface area contributed by atoms with Gasteiger partial charge in [-0.3, -0.25) is 4.79 Å². The molecule has 0 spiro atoms. The molecule has 1 atom stereocenters. The normalized spacial score (nSPS) is 21.4. The van der Waals surface area contributed by atoms with Crippen LogP contribution in [-0.2, 0) is 11.8 Å². The summed E-state index contributed by atoms with van der Waals surface area (Å²) >= 11 is 1.59. The maximum Gasteiger partial charge on any atom is 0.258 e. The number of nitrogens with one attached hydrogen (secondary N) is 2. The van der Waals surface area contributed by atoms with Crippen LogP contribution in [0.3, 0.4) is 0 Å². The molecule has 4 aromatic rings. The van der Waals surface area contributed by atoms with Gasteiger partial charge in [0.25, 0.3) is 5.56 Å². The highest BCUT2D eigenvalue weighted by molar-refractivity contribution is 7.98. The van der Waals surface area contributed by atoms with E-state index in [1.165, 1.54) is 42.3 Å². The smallest absolute Gasteiger partial charge is 0.258 e. The standard InChI is InChI=1S/C32H41N5O2S/c1-19-15-27(40-6)29(31(38)34-19)26-16-33-30(36(26)5)28-21(3)37(25-10-8-7-9-24(25)28)20(2)22-11-13-23(14-12-22)35-32(4)17-39-18-32/h7-10,15-16,20,22-23,35H,11-14,17-18H2,1-6H3,(H,34,38)/t20-,22?,23?/m1/s1. The molecule has 0 radical (unpaired) electrons. The number of thioether (sulfide) groups is 1. The maximum atomic E-state index is 13.1. The Balaban J connectivity index is 1.35. The third kappa shape index (κ3) is 4.64. The fourth-order valence-electron chi connectivity index (χ4n) is 7.08. The quantitative estimate of drug-likeness (QED) is 0.262. The lowest BCUT2D eigenvalue weighted by Gasteiger charge is -2.44. The first kappa shape index (κ1) is 27.4. The number of benzene rings is 1. The molecule has 40 heavy (non-hydrogen) atoms. The summed E-state index contributed by atoms with van der Waals surface area (Å²) in [5.41, 5.74) is 6.11. The van der Waals surface area contributed by atoms with Crippen molar-refractivity contribution in [1.82, 2.24) is 24.4 Å². The van der Waals surface area contributed by atoms with Crippen LogP contribution in [0.1, 0.15) is 57.0 Å². The Kier molecular flexibility index (Phi) is 7.21. The number of fused-ring (bicyclic) bond motifs is 1. The van der Waals surface area contributed by atoms with Gasteiger partial charge in [-0.1, -0.05) is 18.2 Å². The van der Waals surface area contributed by atoms with Crippen LogP contribution in [0.5, 0.6) is 0 Å². The number of hydrogen-bond donors (Lipinski definition) is 2. The van der Waals surface area contributed by atoms with Gasteiger partial charge in [-0.25, -0.2) is 4.98 Å². The van der Waals surface area contributed by atoms with Crippen molar-refractivity contribution in [3.8, 4) is 22.6 Å². The third-order valence-electron chi connectivity index (χ3n) is 9.23. The van der Waals surface area contributed by atoms with E-state index in [4.69, 9.17) is 9.72 Å². The zero-order valence-corrected chi connectivity index (χ0v) is 25.3. The van der Waals surface area contributed by atoms with Gasteiger partial charge in [0, 0.05) is 51.9 Å².